The number of nitrogens with two attached hydrogens (primary N) is 1. The van der Waals surface area contributed by atoms with Crippen molar-refractivity contribution in [1.82, 2.24) is 15.5 Å². The van der Waals surface area contributed by atoms with Crippen molar-refractivity contribution < 1.29 is 14.3 Å². The lowest BCUT2D eigenvalue weighted by Gasteiger charge is -2.25. The van der Waals surface area contributed by atoms with Gasteiger partial charge < -0.3 is 26.0 Å². The average molecular weight is 516 g/mol. The molecule has 3 aliphatic rings. The number of alkyl carbamates (subject to hydrolysis) is 1. The van der Waals surface area contributed by atoms with Crippen LogP contribution in [0.2, 0.25) is 0 Å². The Labute approximate surface area is 218 Å². The van der Waals surface area contributed by atoms with E-state index in [1.54, 1.807) is 11.3 Å². The van der Waals surface area contributed by atoms with E-state index in [0.717, 1.165) is 61.7 Å². The Bertz CT molecular complexity index is 963. The number of hydrogen-bond donors (Lipinski definition) is 3. The smallest absolute Gasteiger partial charge is 0.407 e. The molecule has 0 spiro atoms. The number of fused-ring (bicyclic) bond motifs is 1. The average Bonchev–Trinajstić information content (AvgIpc) is 3.15. The Kier molecular flexibility index (Phi) is 9.81. The van der Waals surface area contributed by atoms with Crippen LogP contribution in [-0.4, -0.2) is 61.6 Å². The van der Waals surface area contributed by atoms with Crippen LogP contribution in [0.3, 0.4) is 0 Å². The van der Waals surface area contributed by atoms with Crippen LogP contribution in [0.25, 0.3) is 6.08 Å². The first-order valence-corrected chi connectivity index (χ1v) is 14.4. The fraction of sp³-hybridized carbons (Fsp3) is 0.667. The van der Waals surface area contributed by atoms with Gasteiger partial charge in [-0.2, -0.15) is 0 Å². The molecule has 3 heterocycles. The summed E-state index contributed by atoms with van der Waals surface area (Å²) in [6.45, 7) is 6.03. The molecule has 0 bridgehead atoms. The molecule has 1 saturated carbocycles. The number of aryl methyl sites for hydroxylation is 1. The summed E-state index contributed by atoms with van der Waals surface area (Å²) in [5.74, 6) is 1.27. The zero-order valence-corrected chi connectivity index (χ0v) is 22.3. The summed E-state index contributed by atoms with van der Waals surface area (Å²) in [4.78, 5) is 34.2. The molecular formula is C27H41N5O3S. The molecule has 1 aliphatic carbocycles. The van der Waals surface area contributed by atoms with Crippen LogP contribution in [-0.2, 0) is 16.0 Å². The standard InChI is InChI=1S/C27H41N5O3S/c1-2-14-32(15-4-11-30-27(34)35-21-5-3-6-21)26(33)20-16-24-23(31-25(28)17-20)18-22(36-24)8-7-19-9-12-29-13-10-19/h16,18-19,21,29H,2-15,17H2,1H3,(H2,28,31)(H,30,34). The number of amides is 2. The molecule has 9 heteroatoms. The van der Waals surface area contributed by atoms with Gasteiger partial charge in [0.05, 0.1) is 10.6 Å². The van der Waals surface area contributed by atoms with Crippen molar-refractivity contribution in [2.24, 2.45) is 16.6 Å². The molecule has 1 aromatic rings. The fourth-order valence-corrected chi connectivity index (χ4v) is 6.03. The summed E-state index contributed by atoms with van der Waals surface area (Å²) >= 11 is 1.73. The van der Waals surface area contributed by atoms with E-state index in [4.69, 9.17) is 10.5 Å². The number of amidine groups is 1. The molecule has 198 valence electrons. The van der Waals surface area contributed by atoms with Crippen LogP contribution >= 0.6 is 11.3 Å². The maximum atomic E-state index is 13.5. The number of ether oxygens (including phenoxy) is 1. The van der Waals surface area contributed by atoms with E-state index in [-0.39, 0.29) is 18.1 Å². The van der Waals surface area contributed by atoms with Crippen molar-refractivity contribution in [3.05, 3.63) is 21.4 Å². The number of nitrogens with one attached hydrogen (secondary N) is 2. The lowest BCUT2D eigenvalue weighted by atomic mass is 9.93. The highest BCUT2D eigenvalue weighted by molar-refractivity contribution is 7.13. The minimum Gasteiger partial charge on any atom is -0.446 e. The number of piperidine rings is 1. The first-order valence-electron chi connectivity index (χ1n) is 13.6. The lowest BCUT2D eigenvalue weighted by molar-refractivity contribution is -0.127. The van der Waals surface area contributed by atoms with Gasteiger partial charge in [0.15, 0.2) is 0 Å². The molecule has 4 N–H and O–H groups in total. The third-order valence-corrected chi connectivity index (χ3v) is 8.38. The van der Waals surface area contributed by atoms with Crippen LogP contribution in [0.1, 0.15) is 74.5 Å². The maximum absolute atomic E-state index is 13.5. The zero-order chi connectivity index (χ0) is 25.3. The Hall–Kier alpha value is -2.39. The second-order valence-electron chi connectivity index (χ2n) is 10.2. The van der Waals surface area contributed by atoms with Crippen LogP contribution < -0.4 is 16.4 Å². The summed E-state index contributed by atoms with van der Waals surface area (Å²) in [5.41, 5.74) is 7.81. The van der Waals surface area contributed by atoms with Crippen molar-refractivity contribution in [2.75, 3.05) is 32.7 Å². The van der Waals surface area contributed by atoms with E-state index in [1.165, 1.54) is 24.1 Å². The van der Waals surface area contributed by atoms with Gasteiger partial charge in [0, 0.05) is 36.5 Å². The molecule has 0 atom stereocenters. The van der Waals surface area contributed by atoms with Crippen LogP contribution in [0.15, 0.2) is 16.6 Å². The van der Waals surface area contributed by atoms with Crippen molar-refractivity contribution in [3.8, 4) is 0 Å². The van der Waals surface area contributed by atoms with Gasteiger partial charge in [-0.25, -0.2) is 9.79 Å². The highest BCUT2D eigenvalue weighted by Gasteiger charge is 2.24. The predicted molar refractivity (Wildman–Crippen MR) is 146 cm³/mol. The maximum Gasteiger partial charge on any atom is 0.407 e. The van der Waals surface area contributed by atoms with Crippen molar-refractivity contribution in [2.45, 2.75) is 77.2 Å². The van der Waals surface area contributed by atoms with Crippen molar-refractivity contribution in [3.63, 3.8) is 0 Å². The number of nitrogens with zero attached hydrogens (tertiary/aromatic N) is 2. The van der Waals surface area contributed by atoms with Gasteiger partial charge in [-0.05, 0) is 88.9 Å². The molecule has 0 unspecified atom stereocenters. The Morgan fingerprint density at radius 1 is 1.25 bits per heavy atom. The first-order chi connectivity index (χ1) is 17.5. The SMILES string of the molecule is CCCN(CCCNC(=O)OC1CCC1)C(=O)C1=Cc2sc(CCC3CCNCC3)cc2N=C(N)C1. The number of carbonyl (C=O) groups excluding carboxylic acids is 2. The van der Waals surface area contributed by atoms with Gasteiger partial charge in [-0.15, -0.1) is 11.3 Å². The van der Waals surface area contributed by atoms with Gasteiger partial charge in [0.2, 0.25) is 5.91 Å². The molecule has 1 aromatic heterocycles. The summed E-state index contributed by atoms with van der Waals surface area (Å²) in [6, 6.07) is 2.15. The normalized spacial score (nSPS) is 18.4. The number of carbonyl (C=O) groups is 2. The molecule has 2 aliphatic heterocycles. The lowest BCUT2D eigenvalue weighted by Crippen LogP contribution is -2.37. The Balaban J connectivity index is 1.33. The van der Waals surface area contributed by atoms with Gasteiger partial charge in [-0.1, -0.05) is 6.92 Å². The van der Waals surface area contributed by atoms with Crippen LogP contribution in [0.5, 0.6) is 0 Å². The second kappa shape index (κ2) is 13.2. The molecule has 8 nitrogen and oxygen atoms in total. The molecule has 2 amide bonds. The summed E-state index contributed by atoms with van der Waals surface area (Å²) in [7, 11) is 0. The Morgan fingerprint density at radius 2 is 2.06 bits per heavy atom. The zero-order valence-electron chi connectivity index (χ0n) is 21.5. The topological polar surface area (TPSA) is 109 Å². The molecule has 2 fully saturated rings. The summed E-state index contributed by atoms with van der Waals surface area (Å²) in [6.07, 6.45) is 11.4. The Morgan fingerprint density at radius 3 is 2.78 bits per heavy atom. The van der Waals surface area contributed by atoms with E-state index >= 15 is 0 Å². The molecule has 36 heavy (non-hydrogen) atoms. The third kappa shape index (κ3) is 7.56. The minimum absolute atomic E-state index is 0.00421. The van der Waals surface area contributed by atoms with Gasteiger partial charge >= 0.3 is 6.09 Å². The third-order valence-electron chi connectivity index (χ3n) is 7.25. The van der Waals surface area contributed by atoms with Crippen molar-refractivity contribution >= 4 is 40.9 Å². The highest BCUT2D eigenvalue weighted by Crippen LogP contribution is 2.36. The van der Waals surface area contributed by atoms with E-state index in [1.807, 2.05) is 11.0 Å². The van der Waals surface area contributed by atoms with Crippen LogP contribution in [0, 0.1) is 5.92 Å². The molecule has 1 saturated heterocycles. The second-order valence-corrected chi connectivity index (χ2v) is 11.3. The number of thiophene rings is 1. The number of hydrogen-bond acceptors (Lipinski definition) is 7. The van der Waals surface area contributed by atoms with Gasteiger partial charge in [0.1, 0.15) is 11.9 Å². The number of rotatable bonds is 11. The first kappa shape index (κ1) is 26.7. The molecular weight excluding hydrogens is 474 g/mol. The number of aliphatic imine (C=N–C) groups is 1. The summed E-state index contributed by atoms with van der Waals surface area (Å²) in [5, 5.41) is 6.24. The van der Waals surface area contributed by atoms with Crippen LogP contribution in [0.4, 0.5) is 10.5 Å². The van der Waals surface area contributed by atoms with E-state index in [2.05, 4.69) is 28.6 Å². The predicted octanol–water partition coefficient (Wildman–Crippen LogP) is 4.36. The van der Waals surface area contributed by atoms with E-state index in [9.17, 15) is 9.59 Å². The molecule has 0 aromatic carbocycles. The fourth-order valence-electron chi connectivity index (χ4n) is 4.94. The largest absolute Gasteiger partial charge is 0.446 e. The quantitative estimate of drug-likeness (QED) is 0.379. The minimum atomic E-state index is -0.357. The van der Waals surface area contributed by atoms with Crippen molar-refractivity contribution in [1.29, 1.82) is 0 Å². The highest BCUT2D eigenvalue weighted by atomic mass is 32.1. The molecule has 4 rings (SSSR count). The van der Waals surface area contributed by atoms with Gasteiger partial charge in [0.25, 0.3) is 0 Å². The summed E-state index contributed by atoms with van der Waals surface area (Å²) < 4.78 is 5.33. The molecule has 0 radical (unpaired) electrons. The van der Waals surface area contributed by atoms with E-state index < -0.39 is 0 Å². The van der Waals surface area contributed by atoms with E-state index in [0.29, 0.717) is 43.9 Å². The monoisotopic (exact) mass is 515 g/mol. The van der Waals surface area contributed by atoms with Gasteiger partial charge in [-0.3, -0.25) is 4.79 Å².